The van der Waals surface area contributed by atoms with E-state index < -0.39 is 5.97 Å². The van der Waals surface area contributed by atoms with Gasteiger partial charge in [0.15, 0.2) is 0 Å². The molecule has 1 saturated heterocycles. The molecule has 0 saturated carbocycles. The highest BCUT2D eigenvalue weighted by atomic mass is 19.1. The Morgan fingerprint density at radius 2 is 1.92 bits per heavy atom. The molecule has 0 aliphatic carbocycles. The van der Waals surface area contributed by atoms with Crippen molar-refractivity contribution in [2.45, 2.75) is 19.3 Å². The second-order valence-corrected chi connectivity index (χ2v) is 6.00. The number of aromatic amines is 1. The van der Waals surface area contributed by atoms with Crippen LogP contribution in [0.15, 0.2) is 30.5 Å². The summed E-state index contributed by atoms with van der Waals surface area (Å²) in [6, 6.07) is 5.86. The van der Waals surface area contributed by atoms with E-state index >= 15 is 0 Å². The van der Waals surface area contributed by atoms with Crippen LogP contribution < -0.4 is 0 Å². The van der Waals surface area contributed by atoms with Gasteiger partial charge in [-0.1, -0.05) is 0 Å². The first-order valence-electron chi connectivity index (χ1n) is 7.85. The molecule has 2 heterocycles. The SMILES string of the molecule is O=C(O)CC1CCN(C(=O)c2cn[nH]c2-c2ccc(F)cc2)CC1. The normalized spacial score (nSPS) is 15.5. The minimum Gasteiger partial charge on any atom is -0.481 e. The molecule has 1 aromatic carbocycles. The zero-order chi connectivity index (χ0) is 17.1. The van der Waals surface area contributed by atoms with Gasteiger partial charge in [-0.15, -0.1) is 0 Å². The van der Waals surface area contributed by atoms with Crippen LogP contribution in [0.1, 0.15) is 29.6 Å². The van der Waals surface area contributed by atoms with E-state index in [0.717, 1.165) is 0 Å². The smallest absolute Gasteiger partial charge is 0.303 e. The Balaban J connectivity index is 1.72. The Kier molecular flexibility index (Phi) is 4.59. The average Bonchev–Trinajstić information content (AvgIpc) is 3.04. The van der Waals surface area contributed by atoms with E-state index in [0.29, 0.717) is 42.8 Å². The number of carbonyl (C=O) groups excluding carboxylic acids is 1. The van der Waals surface area contributed by atoms with Crippen LogP contribution in [0.4, 0.5) is 4.39 Å². The molecule has 6 nitrogen and oxygen atoms in total. The van der Waals surface area contributed by atoms with Gasteiger partial charge in [0, 0.05) is 25.1 Å². The fourth-order valence-electron chi connectivity index (χ4n) is 3.04. The van der Waals surface area contributed by atoms with Crippen molar-refractivity contribution in [2.24, 2.45) is 5.92 Å². The van der Waals surface area contributed by atoms with Crippen LogP contribution in [0.2, 0.25) is 0 Å². The Hall–Kier alpha value is -2.70. The number of nitrogens with zero attached hydrogens (tertiary/aromatic N) is 2. The molecule has 126 valence electrons. The molecule has 0 atom stereocenters. The van der Waals surface area contributed by atoms with Gasteiger partial charge in [0.05, 0.1) is 17.5 Å². The fourth-order valence-corrected chi connectivity index (χ4v) is 3.04. The van der Waals surface area contributed by atoms with E-state index in [1.807, 2.05) is 0 Å². The summed E-state index contributed by atoms with van der Waals surface area (Å²) in [6.45, 7) is 1.07. The summed E-state index contributed by atoms with van der Waals surface area (Å²) >= 11 is 0. The van der Waals surface area contributed by atoms with Crippen molar-refractivity contribution in [2.75, 3.05) is 13.1 Å². The number of hydrogen-bond donors (Lipinski definition) is 2. The molecular formula is C17H18FN3O3. The first-order chi connectivity index (χ1) is 11.5. The quantitative estimate of drug-likeness (QED) is 0.901. The molecule has 2 N–H and O–H groups in total. The highest BCUT2D eigenvalue weighted by Gasteiger charge is 2.27. The Bertz CT molecular complexity index is 734. The van der Waals surface area contributed by atoms with Gasteiger partial charge in [-0.25, -0.2) is 4.39 Å². The minimum absolute atomic E-state index is 0.118. The van der Waals surface area contributed by atoms with E-state index in [4.69, 9.17) is 5.11 Å². The van der Waals surface area contributed by atoms with Gasteiger partial charge in [-0.05, 0) is 43.0 Å². The number of H-pyrrole nitrogens is 1. The number of halogens is 1. The lowest BCUT2D eigenvalue weighted by molar-refractivity contribution is -0.138. The van der Waals surface area contributed by atoms with E-state index in [-0.39, 0.29) is 24.1 Å². The van der Waals surface area contributed by atoms with Crippen molar-refractivity contribution in [3.05, 3.63) is 41.8 Å². The summed E-state index contributed by atoms with van der Waals surface area (Å²) < 4.78 is 13.1. The topological polar surface area (TPSA) is 86.3 Å². The lowest BCUT2D eigenvalue weighted by atomic mass is 9.93. The van der Waals surface area contributed by atoms with Crippen molar-refractivity contribution in [1.82, 2.24) is 15.1 Å². The molecule has 1 amide bonds. The summed E-state index contributed by atoms with van der Waals surface area (Å²) in [4.78, 5) is 25.2. The maximum atomic E-state index is 13.1. The molecule has 0 bridgehead atoms. The number of carboxylic acid groups (broad SMARTS) is 1. The van der Waals surface area contributed by atoms with Gasteiger partial charge in [-0.2, -0.15) is 5.10 Å². The number of piperidine rings is 1. The number of likely N-dealkylation sites (tertiary alicyclic amines) is 1. The number of carbonyl (C=O) groups is 2. The number of aromatic nitrogens is 2. The van der Waals surface area contributed by atoms with Gasteiger partial charge in [0.25, 0.3) is 5.91 Å². The second kappa shape index (κ2) is 6.82. The monoisotopic (exact) mass is 331 g/mol. The molecule has 1 fully saturated rings. The van der Waals surface area contributed by atoms with Gasteiger partial charge < -0.3 is 10.0 Å². The third kappa shape index (κ3) is 3.45. The highest BCUT2D eigenvalue weighted by Crippen LogP contribution is 2.26. The summed E-state index contributed by atoms with van der Waals surface area (Å²) in [5.41, 5.74) is 1.70. The van der Waals surface area contributed by atoms with Gasteiger partial charge in [0.1, 0.15) is 5.82 Å². The number of hydrogen-bond acceptors (Lipinski definition) is 3. The summed E-state index contributed by atoms with van der Waals surface area (Å²) in [5.74, 6) is -1.16. The molecule has 24 heavy (non-hydrogen) atoms. The van der Waals surface area contributed by atoms with E-state index in [1.165, 1.54) is 18.3 Å². The molecule has 0 radical (unpaired) electrons. The molecule has 3 rings (SSSR count). The number of aliphatic carboxylic acids is 1. The molecule has 1 aliphatic rings. The molecule has 0 unspecified atom stereocenters. The third-order valence-electron chi connectivity index (χ3n) is 4.37. The Labute approximate surface area is 138 Å². The molecule has 1 aromatic heterocycles. The number of amides is 1. The first-order valence-corrected chi connectivity index (χ1v) is 7.85. The number of nitrogens with one attached hydrogen (secondary N) is 1. The summed E-state index contributed by atoms with van der Waals surface area (Å²) in [7, 11) is 0. The van der Waals surface area contributed by atoms with E-state index in [9.17, 15) is 14.0 Å². The van der Waals surface area contributed by atoms with Gasteiger partial charge in [-0.3, -0.25) is 14.7 Å². The first kappa shape index (κ1) is 16.2. The predicted molar refractivity (Wildman–Crippen MR) is 84.9 cm³/mol. The third-order valence-corrected chi connectivity index (χ3v) is 4.37. The zero-order valence-electron chi connectivity index (χ0n) is 13.0. The lowest BCUT2D eigenvalue weighted by Gasteiger charge is -2.31. The zero-order valence-corrected chi connectivity index (χ0v) is 13.0. The van der Waals surface area contributed by atoms with Crippen molar-refractivity contribution < 1.29 is 19.1 Å². The van der Waals surface area contributed by atoms with Crippen LogP contribution in [0, 0.1) is 11.7 Å². The van der Waals surface area contributed by atoms with Gasteiger partial charge >= 0.3 is 5.97 Å². The standard InChI is InChI=1S/C17H18FN3O3/c18-13-3-1-12(2-4-13)16-14(10-19-20-16)17(24)21-7-5-11(6-8-21)9-15(22)23/h1-4,10-11H,5-9H2,(H,19,20)(H,22,23). The van der Waals surface area contributed by atoms with Crippen molar-refractivity contribution in [1.29, 1.82) is 0 Å². The lowest BCUT2D eigenvalue weighted by Crippen LogP contribution is -2.39. The van der Waals surface area contributed by atoms with Gasteiger partial charge in [0.2, 0.25) is 0 Å². The van der Waals surface area contributed by atoms with Crippen LogP contribution >= 0.6 is 0 Å². The maximum absolute atomic E-state index is 13.1. The van der Waals surface area contributed by atoms with Crippen LogP contribution in [-0.4, -0.2) is 45.2 Å². The minimum atomic E-state index is -0.798. The van der Waals surface area contributed by atoms with Crippen molar-refractivity contribution in [3.63, 3.8) is 0 Å². The Morgan fingerprint density at radius 3 is 2.54 bits per heavy atom. The predicted octanol–water partition coefficient (Wildman–Crippen LogP) is 2.54. The van der Waals surface area contributed by atoms with Crippen LogP contribution in [0.5, 0.6) is 0 Å². The molecule has 7 heteroatoms. The van der Waals surface area contributed by atoms with E-state index in [1.54, 1.807) is 17.0 Å². The molecular weight excluding hydrogens is 313 g/mol. The summed E-state index contributed by atoms with van der Waals surface area (Å²) in [5, 5.41) is 15.6. The van der Waals surface area contributed by atoms with Crippen LogP contribution in [0.25, 0.3) is 11.3 Å². The average molecular weight is 331 g/mol. The molecule has 1 aliphatic heterocycles. The highest BCUT2D eigenvalue weighted by molar-refractivity contribution is 5.99. The molecule has 2 aromatic rings. The number of rotatable bonds is 4. The largest absolute Gasteiger partial charge is 0.481 e. The summed E-state index contributed by atoms with van der Waals surface area (Å²) in [6.07, 6.45) is 2.99. The Morgan fingerprint density at radius 1 is 1.25 bits per heavy atom. The second-order valence-electron chi connectivity index (χ2n) is 6.00. The number of benzene rings is 1. The van der Waals surface area contributed by atoms with Crippen molar-refractivity contribution >= 4 is 11.9 Å². The van der Waals surface area contributed by atoms with Crippen molar-refractivity contribution in [3.8, 4) is 11.3 Å². The van der Waals surface area contributed by atoms with E-state index in [2.05, 4.69) is 10.2 Å². The number of carboxylic acids is 1. The fraction of sp³-hybridized carbons (Fsp3) is 0.353. The van der Waals surface area contributed by atoms with Crippen LogP contribution in [-0.2, 0) is 4.79 Å². The maximum Gasteiger partial charge on any atom is 0.303 e. The molecule has 0 spiro atoms. The van der Waals surface area contributed by atoms with Crippen LogP contribution in [0.3, 0.4) is 0 Å².